The molecule has 2 rings (SSSR count). The highest BCUT2D eigenvalue weighted by Gasteiger charge is 2.04. The van der Waals surface area contributed by atoms with Gasteiger partial charge in [0.2, 0.25) is 0 Å². The summed E-state index contributed by atoms with van der Waals surface area (Å²) in [7, 11) is 1.65. The summed E-state index contributed by atoms with van der Waals surface area (Å²) in [5.41, 5.74) is 1.17. The van der Waals surface area contributed by atoms with Crippen molar-refractivity contribution in [2.75, 3.05) is 20.3 Å². The van der Waals surface area contributed by atoms with Crippen LogP contribution in [0.4, 0.5) is 0 Å². The molecule has 0 aliphatic heterocycles. The van der Waals surface area contributed by atoms with Gasteiger partial charge in [0.25, 0.3) is 0 Å². The van der Waals surface area contributed by atoms with Gasteiger partial charge in [0.1, 0.15) is 18.1 Å². The Morgan fingerprint density at radius 3 is 2.48 bits per heavy atom. The Morgan fingerprint density at radius 1 is 1.10 bits per heavy atom. The molecule has 0 aliphatic carbocycles. The molecule has 3 nitrogen and oxygen atoms in total. The van der Waals surface area contributed by atoms with Crippen LogP contribution in [0, 0.1) is 0 Å². The van der Waals surface area contributed by atoms with Crippen LogP contribution in [-0.4, -0.2) is 20.3 Å². The van der Waals surface area contributed by atoms with Crippen LogP contribution >= 0.6 is 11.6 Å². The molecule has 21 heavy (non-hydrogen) atoms. The van der Waals surface area contributed by atoms with Gasteiger partial charge in [-0.3, -0.25) is 0 Å². The number of hydrogen-bond donors (Lipinski definition) is 1. The standard InChI is InChI=1S/C17H20ClNO2/c1-13(14-4-3-5-15(18)12-14)19-10-11-21-17-8-6-16(20-2)7-9-17/h3-9,12-13,19H,10-11H2,1-2H3/t13-/m0/s1. The fraction of sp³-hybridized carbons (Fsp3) is 0.294. The van der Waals surface area contributed by atoms with E-state index in [0.717, 1.165) is 23.1 Å². The fourth-order valence-electron chi connectivity index (χ4n) is 2.01. The molecule has 1 N–H and O–H groups in total. The first-order chi connectivity index (χ1) is 10.2. The first-order valence-corrected chi connectivity index (χ1v) is 7.32. The minimum atomic E-state index is 0.239. The third kappa shape index (κ3) is 4.96. The Hall–Kier alpha value is -1.71. The molecular weight excluding hydrogens is 286 g/mol. The molecule has 0 heterocycles. The molecule has 0 unspecified atom stereocenters. The van der Waals surface area contributed by atoms with Gasteiger partial charge >= 0.3 is 0 Å². The van der Waals surface area contributed by atoms with Crippen molar-refractivity contribution < 1.29 is 9.47 Å². The molecule has 1 atom stereocenters. The van der Waals surface area contributed by atoms with Gasteiger partial charge in [0.05, 0.1) is 7.11 Å². The number of nitrogens with one attached hydrogen (secondary N) is 1. The molecule has 4 heteroatoms. The van der Waals surface area contributed by atoms with Crippen molar-refractivity contribution in [2.24, 2.45) is 0 Å². The van der Waals surface area contributed by atoms with Crippen LogP contribution in [-0.2, 0) is 0 Å². The van der Waals surface area contributed by atoms with Gasteiger partial charge in [0.15, 0.2) is 0 Å². The second kappa shape index (κ2) is 7.91. The molecule has 0 radical (unpaired) electrons. The molecule has 0 aromatic heterocycles. The van der Waals surface area contributed by atoms with Crippen molar-refractivity contribution >= 4 is 11.6 Å². The van der Waals surface area contributed by atoms with Crippen LogP contribution < -0.4 is 14.8 Å². The second-order valence-corrected chi connectivity index (χ2v) is 5.19. The van der Waals surface area contributed by atoms with E-state index in [1.54, 1.807) is 7.11 Å². The lowest BCUT2D eigenvalue weighted by Gasteiger charge is -2.15. The van der Waals surface area contributed by atoms with E-state index < -0.39 is 0 Å². The number of benzene rings is 2. The Labute approximate surface area is 130 Å². The molecule has 0 saturated heterocycles. The number of rotatable bonds is 7. The van der Waals surface area contributed by atoms with Gasteiger partial charge in [-0.05, 0) is 48.9 Å². The van der Waals surface area contributed by atoms with Crippen molar-refractivity contribution in [3.63, 3.8) is 0 Å². The Bertz CT molecular complexity index is 557. The maximum Gasteiger partial charge on any atom is 0.119 e. The van der Waals surface area contributed by atoms with Crippen LogP contribution in [0.1, 0.15) is 18.5 Å². The molecule has 2 aromatic carbocycles. The van der Waals surface area contributed by atoms with E-state index in [2.05, 4.69) is 18.3 Å². The van der Waals surface area contributed by atoms with Crippen LogP contribution in [0.15, 0.2) is 48.5 Å². The molecular formula is C17H20ClNO2. The van der Waals surface area contributed by atoms with E-state index in [4.69, 9.17) is 21.1 Å². The highest BCUT2D eigenvalue weighted by Crippen LogP contribution is 2.18. The lowest BCUT2D eigenvalue weighted by molar-refractivity contribution is 0.307. The molecule has 112 valence electrons. The minimum absolute atomic E-state index is 0.239. The summed E-state index contributed by atoms with van der Waals surface area (Å²) < 4.78 is 10.8. The van der Waals surface area contributed by atoms with Crippen molar-refractivity contribution in [1.82, 2.24) is 5.32 Å². The number of hydrogen-bond acceptors (Lipinski definition) is 3. The fourth-order valence-corrected chi connectivity index (χ4v) is 2.21. The zero-order valence-electron chi connectivity index (χ0n) is 12.3. The van der Waals surface area contributed by atoms with E-state index in [1.165, 1.54) is 5.56 Å². The third-order valence-electron chi connectivity index (χ3n) is 3.23. The second-order valence-electron chi connectivity index (χ2n) is 4.75. The minimum Gasteiger partial charge on any atom is -0.497 e. The third-order valence-corrected chi connectivity index (χ3v) is 3.46. The maximum atomic E-state index is 5.99. The monoisotopic (exact) mass is 305 g/mol. The molecule has 0 aliphatic rings. The summed E-state index contributed by atoms with van der Waals surface area (Å²) in [6.45, 7) is 3.48. The van der Waals surface area contributed by atoms with E-state index >= 15 is 0 Å². The van der Waals surface area contributed by atoms with Gasteiger partial charge in [0, 0.05) is 17.6 Å². The maximum absolute atomic E-state index is 5.99. The predicted octanol–water partition coefficient (Wildman–Crippen LogP) is 4.08. The lowest BCUT2D eigenvalue weighted by Crippen LogP contribution is -2.24. The Kier molecular flexibility index (Phi) is 5.90. The Morgan fingerprint density at radius 2 is 1.81 bits per heavy atom. The topological polar surface area (TPSA) is 30.5 Å². The average Bonchev–Trinajstić information content (AvgIpc) is 2.52. The molecule has 0 fully saturated rings. The van der Waals surface area contributed by atoms with Gasteiger partial charge in [-0.25, -0.2) is 0 Å². The lowest BCUT2D eigenvalue weighted by atomic mass is 10.1. The molecule has 0 amide bonds. The van der Waals surface area contributed by atoms with Crippen LogP contribution in [0.5, 0.6) is 11.5 Å². The highest BCUT2D eigenvalue weighted by molar-refractivity contribution is 6.30. The van der Waals surface area contributed by atoms with Crippen LogP contribution in [0.3, 0.4) is 0 Å². The predicted molar refractivity (Wildman–Crippen MR) is 86.4 cm³/mol. The van der Waals surface area contributed by atoms with E-state index in [9.17, 15) is 0 Å². The van der Waals surface area contributed by atoms with E-state index in [1.807, 2.05) is 42.5 Å². The van der Waals surface area contributed by atoms with Gasteiger partial charge in [-0.1, -0.05) is 23.7 Å². The molecule has 0 saturated carbocycles. The van der Waals surface area contributed by atoms with Gasteiger partial charge < -0.3 is 14.8 Å². The number of halogens is 1. The molecule has 0 spiro atoms. The average molecular weight is 306 g/mol. The van der Waals surface area contributed by atoms with Crippen LogP contribution in [0.25, 0.3) is 0 Å². The number of ether oxygens (including phenoxy) is 2. The summed E-state index contributed by atoms with van der Waals surface area (Å²) in [4.78, 5) is 0. The molecule has 0 bridgehead atoms. The largest absolute Gasteiger partial charge is 0.497 e. The van der Waals surface area contributed by atoms with Gasteiger partial charge in [-0.15, -0.1) is 0 Å². The summed E-state index contributed by atoms with van der Waals surface area (Å²) in [5, 5.41) is 4.17. The summed E-state index contributed by atoms with van der Waals surface area (Å²) in [6.07, 6.45) is 0. The van der Waals surface area contributed by atoms with Crippen molar-refractivity contribution in [3.05, 3.63) is 59.1 Å². The molecule has 2 aromatic rings. The normalized spacial score (nSPS) is 12.0. The summed E-state index contributed by atoms with van der Waals surface area (Å²) in [5.74, 6) is 1.67. The van der Waals surface area contributed by atoms with Crippen LogP contribution in [0.2, 0.25) is 5.02 Å². The first-order valence-electron chi connectivity index (χ1n) is 6.95. The van der Waals surface area contributed by atoms with E-state index in [0.29, 0.717) is 6.61 Å². The SMILES string of the molecule is COc1ccc(OCCN[C@@H](C)c2cccc(Cl)c2)cc1. The number of methoxy groups -OCH3 is 1. The summed E-state index contributed by atoms with van der Waals surface area (Å²) in [6, 6.07) is 15.7. The van der Waals surface area contributed by atoms with Crippen molar-refractivity contribution in [2.45, 2.75) is 13.0 Å². The van der Waals surface area contributed by atoms with E-state index in [-0.39, 0.29) is 6.04 Å². The van der Waals surface area contributed by atoms with Crippen molar-refractivity contribution in [3.8, 4) is 11.5 Å². The zero-order valence-corrected chi connectivity index (χ0v) is 13.1. The highest BCUT2D eigenvalue weighted by atomic mass is 35.5. The smallest absolute Gasteiger partial charge is 0.119 e. The zero-order chi connectivity index (χ0) is 15.1. The summed E-state index contributed by atoms with van der Waals surface area (Å²) >= 11 is 5.99. The Balaban J connectivity index is 1.73. The van der Waals surface area contributed by atoms with Gasteiger partial charge in [-0.2, -0.15) is 0 Å². The van der Waals surface area contributed by atoms with Crippen molar-refractivity contribution in [1.29, 1.82) is 0 Å². The quantitative estimate of drug-likeness (QED) is 0.782. The first kappa shape index (κ1) is 15.7.